The Labute approximate surface area is 68.7 Å². The first-order valence-electron chi connectivity index (χ1n) is 4.41. The first-order valence-corrected chi connectivity index (χ1v) is 4.41. The van der Waals surface area contributed by atoms with Crippen LogP contribution in [0, 0.1) is 0 Å². The molecule has 11 heavy (non-hydrogen) atoms. The van der Waals surface area contributed by atoms with E-state index in [-0.39, 0.29) is 5.54 Å². The minimum atomic E-state index is 0.0834. The second-order valence-electron chi connectivity index (χ2n) is 3.39. The van der Waals surface area contributed by atoms with Gasteiger partial charge in [0.15, 0.2) is 5.90 Å². The summed E-state index contributed by atoms with van der Waals surface area (Å²) < 4.78 is 5.42. The number of aliphatic imine (C=N–C) groups is 1. The summed E-state index contributed by atoms with van der Waals surface area (Å²) in [6.45, 7) is 7.21. The molecule has 1 aliphatic heterocycles. The maximum absolute atomic E-state index is 5.42. The predicted molar refractivity (Wildman–Crippen MR) is 47.0 cm³/mol. The molecule has 0 aromatic heterocycles. The maximum Gasteiger partial charge on any atom is 0.183 e. The molecule has 0 aromatic rings. The van der Waals surface area contributed by atoms with Crippen molar-refractivity contribution >= 4 is 5.90 Å². The third-order valence-electron chi connectivity index (χ3n) is 2.04. The van der Waals surface area contributed by atoms with E-state index in [0.717, 1.165) is 25.3 Å². The maximum atomic E-state index is 5.42. The van der Waals surface area contributed by atoms with E-state index in [1.807, 2.05) is 0 Å². The predicted octanol–water partition coefficient (Wildman–Crippen LogP) is 2.38. The summed E-state index contributed by atoms with van der Waals surface area (Å²) in [5, 5.41) is 0. The van der Waals surface area contributed by atoms with E-state index in [1.54, 1.807) is 0 Å². The van der Waals surface area contributed by atoms with E-state index >= 15 is 0 Å². The van der Waals surface area contributed by atoms with E-state index in [1.165, 1.54) is 6.42 Å². The average Bonchev–Trinajstić information content (AvgIpc) is 2.33. The molecular weight excluding hydrogens is 138 g/mol. The first-order chi connectivity index (χ1) is 5.20. The van der Waals surface area contributed by atoms with Gasteiger partial charge in [0, 0.05) is 6.42 Å². The topological polar surface area (TPSA) is 21.6 Å². The number of rotatable bonds is 3. The Balaban J connectivity index is 2.54. The Morgan fingerprint density at radius 3 is 2.73 bits per heavy atom. The van der Waals surface area contributed by atoms with Gasteiger partial charge in [0.05, 0.1) is 5.54 Å². The standard InChI is InChI=1S/C9H17NO/c1-4-6-9(3)7-11-8(5-2)10-9/h4-7H2,1-3H3/t9-/m0/s1. The summed E-state index contributed by atoms with van der Waals surface area (Å²) in [7, 11) is 0. The molecule has 0 saturated carbocycles. The van der Waals surface area contributed by atoms with Gasteiger partial charge in [0.1, 0.15) is 6.61 Å². The summed E-state index contributed by atoms with van der Waals surface area (Å²) in [5.74, 6) is 0.931. The van der Waals surface area contributed by atoms with Gasteiger partial charge in [-0.2, -0.15) is 0 Å². The van der Waals surface area contributed by atoms with Crippen LogP contribution in [0.4, 0.5) is 0 Å². The van der Waals surface area contributed by atoms with Crippen LogP contribution in [0.2, 0.25) is 0 Å². The van der Waals surface area contributed by atoms with E-state index in [4.69, 9.17) is 4.74 Å². The summed E-state index contributed by atoms with van der Waals surface area (Å²) in [6.07, 6.45) is 3.25. The van der Waals surface area contributed by atoms with Gasteiger partial charge in [-0.25, -0.2) is 4.99 Å². The lowest BCUT2D eigenvalue weighted by Crippen LogP contribution is -2.22. The molecule has 1 atom stereocenters. The zero-order valence-corrected chi connectivity index (χ0v) is 7.68. The van der Waals surface area contributed by atoms with Crippen LogP contribution >= 0.6 is 0 Å². The molecule has 64 valence electrons. The average molecular weight is 155 g/mol. The second-order valence-corrected chi connectivity index (χ2v) is 3.39. The molecule has 0 unspecified atom stereocenters. The van der Waals surface area contributed by atoms with Crippen molar-refractivity contribution in [3.8, 4) is 0 Å². The van der Waals surface area contributed by atoms with Gasteiger partial charge >= 0.3 is 0 Å². The number of nitrogens with zero attached hydrogens (tertiary/aromatic N) is 1. The molecule has 1 aliphatic rings. The van der Waals surface area contributed by atoms with Crippen molar-refractivity contribution in [1.82, 2.24) is 0 Å². The minimum Gasteiger partial charge on any atom is -0.478 e. The van der Waals surface area contributed by atoms with Crippen LogP contribution in [-0.2, 0) is 4.74 Å². The highest BCUT2D eigenvalue weighted by Gasteiger charge is 2.29. The lowest BCUT2D eigenvalue weighted by molar-refractivity contribution is 0.253. The van der Waals surface area contributed by atoms with E-state index in [2.05, 4.69) is 25.8 Å². The molecule has 0 aromatic carbocycles. The molecule has 0 N–H and O–H groups in total. The van der Waals surface area contributed by atoms with Crippen molar-refractivity contribution < 1.29 is 4.74 Å². The smallest absolute Gasteiger partial charge is 0.183 e. The number of hydrogen-bond acceptors (Lipinski definition) is 2. The van der Waals surface area contributed by atoms with Crippen molar-refractivity contribution in [1.29, 1.82) is 0 Å². The zero-order chi connectivity index (χ0) is 8.32. The molecular formula is C9H17NO. The highest BCUT2D eigenvalue weighted by atomic mass is 16.5. The SMILES string of the molecule is CCC[C@@]1(C)COC(CC)=N1. The monoisotopic (exact) mass is 155 g/mol. The fourth-order valence-corrected chi connectivity index (χ4v) is 1.45. The van der Waals surface area contributed by atoms with Crippen molar-refractivity contribution in [3.63, 3.8) is 0 Å². The van der Waals surface area contributed by atoms with Crippen LogP contribution in [0.5, 0.6) is 0 Å². The van der Waals surface area contributed by atoms with E-state index in [0.29, 0.717) is 0 Å². The van der Waals surface area contributed by atoms with Crippen LogP contribution in [0.3, 0.4) is 0 Å². The van der Waals surface area contributed by atoms with Gasteiger partial charge in [-0.3, -0.25) is 0 Å². The summed E-state index contributed by atoms with van der Waals surface area (Å²) in [4.78, 5) is 4.52. The van der Waals surface area contributed by atoms with E-state index < -0.39 is 0 Å². The Morgan fingerprint density at radius 1 is 1.55 bits per heavy atom. The molecule has 1 heterocycles. The van der Waals surface area contributed by atoms with Crippen molar-refractivity contribution in [3.05, 3.63) is 0 Å². The molecule has 0 saturated heterocycles. The highest BCUT2D eigenvalue weighted by molar-refractivity contribution is 5.77. The molecule has 0 amide bonds. The van der Waals surface area contributed by atoms with Crippen molar-refractivity contribution in [2.45, 2.75) is 45.6 Å². The van der Waals surface area contributed by atoms with E-state index in [9.17, 15) is 0 Å². The van der Waals surface area contributed by atoms with Crippen LogP contribution in [0.15, 0.2) is 4.99 Å². The second kappa shape index (κ2) is 3.24. The molecule has 0 bridgehead atoms. The van der Waals surface area contributed by atoms with Gasteiger partial charge in [-0.1, -0.05) is 20.3 Å². The molecule has 0 radical (unpaired) electrons. The summed E-state index contributed by atoms with van der Waals surface area (Å²) in [5.41, 5.74) is 0.0834. The van der Waals surface area contributed by atoms with Crippen LogP contribution in [0.25, 0.3) is 0 Å². The van der Waals surface area contributed by atoms with Gasteiger partial charge in [-0.05, 0) is 13.3 Å². The van der Waals surface area contributed by atoms with Crippen molar-refractivity contribution in [2.24, 2.45) is 4.99 Å². The Kier molecular flexibility index (Phi) is 2.53. The van der Waals surface area contributed by atoms with Gasteiger partial charge in [-0.15, -0.1) is 0 Å². The van der Waals surface area contributed by atoms with Crippen LogP contribution < -0.4 is 0 Å². The summed E-state index contributed by atoms with van der Waals surface area (Å²) in [6, 6.07) is 0. The quantitative estimate of drug-likeness (QED) is 0.613. The van der Waals surface area contributed by atoms with Crippen LogP contribution in [0.1, 0.15) is 40.0 Å². The van der Waals surface area contributed by atoms with Gasteiger partial charge in [0.2, 0.25) is 0 Å². The molecule has 0 fully saturated rings. The molecule has 0 aliphatic carbocycles. The third-order valence-corrected chi connectivity index (χ3v) is 2.04. The largest absolute Gasteiger partial charge is 0.478 e. The first kappa shape index (κ1) is 8.57. The Hall–Kier alpha value is -0.530. The fourth-order valence-electron chi connectivity index (χ4n) is 1.45. The van der Waals surface area contributed by atoms with Crippen molar-refractivity contribution in [2.75, 3.05) is 6.61 Å². The minimum absolute atomic E-state index is 0.0834. The Bertz CT molecular complexity index is 165. The van der Waals surface area contributed by atoms with Gasteiger partial charge < -0.3 is 4.74 Å². The molecule has 1 rings (SSSR count). The van der Waals surface area contributed by atoms with Crippen LogP contribution in [-0.4, -0.2) is 18.0 Å². The number of hydrogen-bond donors (Lipinski definition) is 0. The lowest BCUT2D eigenvalue weighted by Gasteiger charge is -2.16. The lowest BCUT2D eigenvalue weighted by atomic mass is 9.99. The molecule has 2 heteroatoms. The highest BCUT2D eigenvalue weighted by Crippen LogP contribution is 2.24. The third kappa shape index (κ3) is 1.95. The normalized spacial score (nSPS) is 29.9. The summed E-state index contributed by atoms with van der Waals surface area (Å²) >= 11 is 0. The molecule has 0 spiro atoms. The fraction of sp³-hybridized carbons (Fsp3) is 0.889. The molecule has 2 nitrogen and oxygen atoms in total. The zero-order valence-electron chi connectivity index (χ0n) is 7.68. The Morgan fingerprint density at radius 2 is 2.27 bits per heavy atom. The number of ether oxygens (including phenoxy) is 1. The van der Waals surface area contributed by atoms with Gasteiger partial charge in [0.25, 0.3) is 0 Å².